The van der Waals surface area contributed by atoms with Crippen LogP contribution in [0.2, 0.25) is 10.0 Å². The van der Waals surface area contributed by atoms with Gasteiger partial charge in [-0.3, -0.25) is 39.1 Å². The largest absolute Gasteiger partial charge is 0.508 e. The predicted octanol–water partition coefficient (Wildman–Crippen LogP) is 14.1. The summed E-state index contributed by atoms with van der Waals surface area (Å²) in [5, 5.41) is 113. The van der Waals surface area contributed by atoms with Crippen molar-refractivity contribution in [3.05, 3.63) is 351 Å². The third-order valence-electron chi connectivity index (χ3n) is 22.5. The number of phenolic OH excluding ortho intramolecular Hbond substituents is 4. The number of fused-ring (bicyclic) bond motifs is 3. The van der Waals surface area contributed by atoms with Crippen LogP contribution in [0, 0.1) is 18.8 Å². The minimum Gasteiger partial charge on any atom is -0.508 e. The molecule has 37 nitrogen and oxygen atoms in total. The smallest absolute Gasteiger partial charge is 0.269 e. The van der Waals surface area contributed by atoms with Gasteiger partial charge in [0.25, 0.3) is 23.6 Å². The third-order valence-corrected chi connectivity index (χ3v) is 24.0. The number of para-hydroxylation sites is 3. The van der Waals surface area contributed by atoms with Crippen LogP contribution in [0.25, 0.3) is 21.9 Å². The molecule has 9 heterocycles. The number of benzene rings is 7. The lowest BCUT2D eigenvalue weighted by Crippen LogP contribution is -2.56. The van der Waals surface area contributed by atoms with E-state index in [0.717, 1.165) is 69.7 Å². The number of nitrogens with two attached hydrogens (primary N) is 1. The number of H-pyrrole nitrogens is 1. The fourth-order valence-corrected chi connectivity index (χ4v) is 15.8. The van der Waals surface area contributed by atoms with E-state index in [1.165, 1.54) is 66.7 Å². The maximum atomic E-state index is 12.1. The standard InChI is InChI=1S/C19H16N4O2.C17H15N3O4.C16H16N2O2.C15H13N5OS.C13H10Cl2N2O.C13H18O6.C12H17NO4/c1-12-11-16(23-25-12)22-18(15-6-2-3-9-20-15)14-8-7-13-5-4-10-21-17(13)19(14)24;1-23-15-5-2-4-11(16(15)21)10-19-20-17(22)12-8-13(18-9-12)14-6-3-7-24-14;19-13-7-4-11(5-8-13)10-17-18-16(20)15-9-6-12-2-1-3-14(12)15;21-14(20-17-9-11-5-7-16-8-6-11)10-22-15-18-12-3-1-2-4-13(12)19-15;14-11-6-5-10(12(15)7-11)8-16-17-13(18)9-3-1-2-4-9;1-7-10(6-14)19-13(12(17)11(7)16)18-9-4-2-8(15)3-5-9;1-7-6-16-12(11(15)10(7)14)17-9-4-2-8(13)3-5-9/h2-11,18,24H,1H3,(H,22,23);2-8,10,21H,9H2,1H3,(H,20,22);4-8,10,19H,1-3,9H2,(H,18,20);1-9H,10H2,(H,18,19)(H,20,21);1-3,5-8H,4H2,(H,17,18);2-5,7,10-17H,6H2,1H3;2-5,7,10-12,14-15H,6,13H2,1H3/b;19-10+;17-10+;17-9+;16-8+;;/t18-;;;;;7-,10+,11+,12-,13?;7-,10+,11+,12?/m1....10/s1. The lowest BCUT2D eigenvalue weighted by Gasteiger charge is -2.40. The molecule has 0 radical (unpaired) electrons. The Morgan fingerprint density at radius 2 is 1.34 bits per heavy atom. The quantitative estimate of drug-likeness (QED) is 0.0109. The molecule has 0 spiro atoms. The van der Waals surface area contributed by atoms with Gasteiger partial charge in [0.05, 0.1) is 110 Å². The zero-order chi connectivity index (χ0) is 103. The van der Waals surface area contributed by atoms with Gasteiger partial charge < -0.3 is 94.6 Å². The van der Waals surface area contributed by atoms with Crippen LogP contribution in [0.15, 0.2) is 335 Å². The van der Waals surface area contributed by atoms with E-state index in [2.05, 4.69) is 88.6 Å². The fourth-order valence-electron chi connectivity index (χ4n) is 14.7. The summed E-state index contributed by atoms with van der Waals surface area (Å²) in [4.78, 5) is 71.9. The van der Waals surface area contributed by atoms with Gasteiger partial charge in [-0.2, -0.15) is 20.4 Å². The number of aromatic amines is 1. The molecule has 3 aliphatic carbocycles. The average Bonchev–Trinajstić information content (AvgIpc) is 1.37. The highest BCUT2D eigenvalue weighted by Gasteiger charge is 2.44. The molecule has 2 unspecified atom stereocenters. The van der Waals surface area contributed by atoms with Crippen LogP contribution < -0.4 is 47.0 Å². The summed E-state index contributed by atoms with van der Waals surface area (Å²) >= 11 is 13.1. The van der Waals surface area contributed by atoms with Crippen LogP contribution in [0.1, 0.15) is 97.0 Å². The van der Waals surface area contributed by atoms with Gasteiger partial charge in [0, 0.05) is 92.2 Å². The van der Waals surface area contributed by atoms with E-state index in [9.17, 15) is 60.0 Å². The van der Waals surface area contributed by atoms with Crippen LogP contribution in [-0.4, -0.2) is 206 Å². The number of carbonyl (C=O) groups is 4. The number of furan rings is 1. The Hall–Kier alpha value is -16.0. The number of nitrogens with zero attached hydrogens (tertiary/aromatic N) is 10. The number of aliphatic hydroxyl groups is 5. The van der Waals surface area contributed by atoms with E-state index in [4.69, 9.17) is 66.7 Å². The number of methoxy groups -OCH3 is 1. The Labute approximate surface area is 846 Å². The summed E-state index contributed by atoms with van der Waals surface area (Å²) in [7, 11) is 1.46. The van der Waals surface area contributed by atoms with Crippen molar-refractivity contribution in [1.29, 1.82) is 0 Å². The maximum absolute atomic E-state index is 12.1. The summed E-state index contributed by atoms with van der Waals surface area (Å²) in [5.74, 6) is 2.45. The first-order chi connectivity index (χ1) is 70.2. The maximum Gasteiger partial charge on any atom is 0.269 e. The summed E-state index contributed by atoms with van der Waals surface area (Å²) in [6.07, 6.45) is 21.6. The number of anilines is 2. The molecule has 10 atom stereocenters. The van der Waals surface area contributed by atoms with Crippen LogP contribution in [0.4, 0.5) is 11.5 Å². The number of nitrogens with one attached hydrogen (secondary N) is 6. The normalized spacial score (nSPS) is 18.7. The van der Waals surface area contributed by atoms with Crippen molar-refractivity contribution in [2.45, 2.75) is 107 Å². The number of rotatable bonds is 25. The number of hydrazone groups is 4. The molecule has 7 aromatic carbocycles. The van der Waals surface area contributed by atoms with Crippen molar-refractivity contribution < 1.29 is 97.8 Å². The first-order valence-electron chi connectivity index (χ1n) is 45.4. The SMILES string of the molecule is COc1cccc(/C=N/NC(=O)C2=CC(c3ccco3)=NC2)c1O.C[C@H]1COC(Oc2ccc(N)cc2)[C@H](O)[C@@H]1O.C[C@H]1[C@H](O)[C@@H](O)C(Oc2ccc(O)cc2)O[C@H]1CO.Cc1cc(N[C@@H](c2ccccn2)c2ccc3cccnc3c2O)no1.O=C(CSc1nc2ccccc2[nH]1)N/N=C/c1ccncc1.O=C(N/N=C/c1ccc(Cl)cc1Cl)C1=CC=CC1.O=C(N/N=C/c1ccc(O)cc1)C1=C2CCCC2=CC1. The van der Waals surface area contributed by atoms with Gasteiger partial charge in [-0.1, -0.05) is 127 Å². The lowest BCUT2D eigenvalue weighted by molar-refractivity contribution is -0.261. The number of hydrogen-bond acceptors (Lipinski definition) is 33. The van der Waals surface area contributed by atoms with Gasteiger partial charge in [-0.25, -0.2) is 26.7 Å². The number of thioether (sulfide) groups is 1. The molecule has 750 valence electrons. The number of ether oxygens (including phenoxy) is 5. The molecule has 145 heavy (non-hydrogen) atoms. The second-order valence-electron chi connectivity index (χ2n) is 32.8. The average molecular weight is 2030 g/mol. The topological polar surface area (TPSA) is 551 Å². The number of hydrogen-bond donors (Lipinski definition) is 16. The molecule has 3 aliphatic heterocycles. The molecule has 0 bridgehead atoms. The Morgan fingerprint density at radius 3 is 2.03 bits per heavy atom. The van der Waals surface area contributed by atoms with Crippen LogP contribution in [0.5, 0.6) is 40.2 Å². The predicted molar refractivity (Wildman–Crippen MR) is 549 cm³/mol. The van der Waals surface area contributed by atoms with E-state index < -0.39 is 49.1 Å². The monoisotopic (exact) mass is 2030 g/mol. The molecule has 40 heteroatoms. The first-order valence-corrected chi connectivity index (χ1v) is 47.2. The molecule has 2 saturated heterocycles. The van der Waals surface area contributed by atoms with E-state index in [0.29, 0.717) is 102 Å². The summed E-state index contributed by atoms with van der Waals surface area (Å²) < 4.78 is 37.0. The van der Waals surface area contributed by atoms with E-state index in [1.54, 1.807) is 178 Å². The molecule has 6 aliphatic rings. The molecule has 3 fully saturated rings. The number of aryl methyl sites for hydroxylation is 1. The van der Waals surface area contributed by atoms with E-state index in [-0.39, 0.29) is 77.4 Å². The number of aromatic nitrogens is 6. The Bertz CT molecular complexity index is 6840. The van der Waals surface area contributed by atoms with Crippen LogP contribution >= 0.6 is 35.0 Å². The summed E-state index contributed by atoms with van der Waals surface area (Å²) in [5.41, 5.74) is 28.0. The number of phenols is 4. The zero-order valence-corrected chi connectivity index (χ0v) is 80.9. The van der Waals surface area contributed by atoms with Crippen molar-refractivity contribution >= 4 is 123 Å². The van der Waals surface area contributed by atoms with Crippen molar-refractivity contribution in [2.75, 3.05) is 43.7 Å². The number of nitrogen functional groups attached to an aromatic ring is 1. The Kier molecular flexibility index (Phi) is 39.0. The third kappa shape index (κ3) is 30.8. The molecule has 1 saturated carbocycles. The van der Waals surface area contributed by atoms with Gasteiger partial charge in [0.2, 0.25) is 12.6 Å². The number of carbonyl (C=O) groups excluding carboxylic acids is 4. The number of halogens is 2. The fraction of sp³-hybridized carbons (Fsp3) is 0.219. The number of allylic oxidation sites excluding steroid dienone is 7. The van der Waals surface area contributed by atoms with Crippen molar-refractivity contribution in [3.8, 4) is 40.2 Å². The zero-order valence-electron chi connectivity index (χ0n) is 78.6. The molecular formula is C105H105Cl2N17O20S. The Morgan fingerprint density at radius 1 is 0.655 bits per heavy atom. The van der Waals surface area contributed by atoms with Gasteiger partial charge in [-0.15, -0.1) is 0 Å². The van der Waals surface area contributed by atoms with Gasteiger partial charge in [0.15, 0.2) is 28.2 Å². The first kappa shape index (κ1) is 106. The molecule has 19 rings (SSSR count). The van der Waals surface area contributed by atoms with E-state index in [1.807, 2.05) is 92.7 Å². The Balaban J connectivity index is 0.000000142. The number of aliphatic imine (C=N–C) groups is 1. The molecule has 17 N–H and O–H groups in total. The van der Waals surface area contributed by atoms with Crippen molar-refractivity contribution in [2.24, 2.45) is 37.2 Å². The van der Waals surface area contributed by atoms with Crippen LogP contribution in [-0.2, 0) is 28.7 Å². The second kappa shape index (κ2) is 53.2. The van der Waals surface area contributed by atoms with Crippen LogP contribution in [0.3, 0.4) is 0 Å². The molecular weight excluding hydrogens is 1920 g/mol. The van der Waals surface area contributed by atoms with Crippen molar-refractivity contribution in [3.63, 3.8) is 0 Å². The molecule has 13 aromatic rings. The van der Waals surface area contributed by atoms with Gasteiger partial charge >= 0.3 is 0 Å². The highest BCUT2D eigenvalue weighted by Crippen LogP contribution is 2.40. The summed E-state index contributed by atoms with van der Waals surface area (Å²) in [6.45, 7) is 5.68. The van der Waals surface area contributed by atoms with E-state index >= 15 is 0 Å². The van der Waals surface area contributed by atoms with Gasteiger partial charge in [0.1, 0.15) is 57.9 Å². The highest BCUT2D eigenvalue weighted by molar-refractivity contribution is 7.99. The number of aromatic hydroxyl groups is 4. The molecule has 6 aromatic heterocycles. The second-order valence-corrected chi connectivity index (χ2v) is 34.7. The van der Waals surface area contributed by atoms with Gasteiger partial charge in [-0.05, 0) is 219 Å². The lowest BCUT2D eigenvalue weighted by atomic mass is 9.91. The summed E-state index contributed by atoms with van der Waals surface area (Å²) in [6, 6.07) is 58.9. The van der Waals surface area contributed by atoms with Crippen molar-refractivity contribution in [1.82, 2.24) is 51.8 Å². The minimum atomic E-state index is -1.20. The number of aliphatic hydroxyl groups excluding tert-OH is 5. The highest BCUT2D eigenvalue weighted by atomic mass is 35.5. The minimum absolute atomic E-state index is 0.0403. The number of pyridine rings is 3. The molecule has 4 amide bonds. The number of amides is 4. The number of imidazole rings is 1.